The van der Waals surface area contributed by atoms with Crippen LogP contribution in [0, 0.1) is 19.7 Å². The first-order valence-electron chi connectivity index (χ1n) is 5.70. The maximum atomic E-state index is 14.0. The molecule has 0 aliphatic carbocycles. The Morgan fingerprint density at radius 1 is 1.11 bits per heavy atom. The summed E-state index contributed by atoms with van der Waals surface area (Å²) in [5, 5.41) is 9.26. The molecular weight excluding hydrogens is 267 g/mol. The minimum atomic E-state index is -1.16. The van der Waals surface area contributed by atoms with Gasteiger partial charge in [-0.15, -0.1) is 0 Å². The summed E-state index contributed by atoms with van der Waals surface area (Å²) in [6, 6.07) is 7.39. The first kappa shape index (κ1) is 13.6. The summed E-state index contributed by atoms with van der Waals surface area (Å²) in [5.74, 6) is -1.75. The highest BCUT2D eigenvalue weighted by atomic mass is 35.5. The Bertz CT molecular complexity index is 665. The van der Waals surface area contributed by atoms with E-state index in [0.29, 0.717) is 16.1 Å². The van der Waals surface area contributed by atoms with E-state index in [1.165, 1.54) is 12.1 Å². The molecule has 2 aromatic carbocycles. The number of carboxylic acid groups (broad SMARTS) is 1. The van der Waals surface area contributed by atoms with Gasteiger partial charge in [-0.3, -0.25) is 0 Å². The van der Waals surface area contributed by atoms with Crippen LogP contribution in [0.25, 0.3) is 11.1 Å². The summed E-state index contributed by atoms with van der Waals surface area (Å²) in [6.45, 7) is 3.84. The minimum absolute atomic E-state index is 0.0822. The molecule has 0 radical (unpaired) electrons. The van der Waals surface area contributed by atoms with Gasteiger partial charge < -0.3 is 5.11 Å². The third kappa shape index (κ3) is 2.61. The van der Waals surface area contributed by atoms with Gasteiger partial charge in [0, 0.05) is 16.1 Å². The summed E-state index contributed by atoms with van der Waals surface area (Å²) in [4.78, 5) is 10.8. The van der Waals surface area contributed by atoms with Gasteiger partial charge in [0.05, 0.1) is 5.56 Å². The molecule has 0 aliphatic rings. The number of halogens is 2. The van der Waals surface area contributed by atoms with Crippen molar-refractivity contribution in [1.82, 2.24) is 0 Å². The van der Waals surface area contributed by atoms with Crippen molar-refractivity contribution in [2.45, 2.75) is 13.8 Å². The molecule has 1 N–H and O–H groups in total. The summed E-state index contributed by atoms with van der Waals surface area (Å²) in [6.07, 6.45) is 0. The molecule has 98 valence electrons. The molecule has 0 atom stereocenters. The van der Waals surface area contributed by atoms with Gasteiger partial charge in [0.2, 0.25) is 0 Å². The lowest BCUT2D eigenvalue weighted by Gasteiger charge is -2.10. The van der Waals surface area contributed by atoms with E-state index in [-0.39, 0.29) is 5.56 Å². The average molecular weight is 279 g/mol. The van der Waals surface area contributed by atoms with E-state index in [1.54, 1.807) is 12.1 Å². The number of hydrogen-bond acceptors (Lipinski definition) is 1. The highest BCUT2D eigenvalue weighted by molar-refractivity contribution is 6.33. The van der Waals surface area contributed by atoms with Crippen LogP contribution in [0.1, 0.15) is 21.5 Å². The lowest BCUT2D eigenvalue weighted by atomic mass is 9.99. The van der Waals surface area contributed by atoms with Crippen molar-refractivity contribution >= 4 is 17.6 Å². The Labute approximate surface area is 115 Å². The summed E-state index contributed by atoms with van der Waals surface area (Å²) < 4.78 is 14.0. The van der Waals surface area contributed by atoms with Crippen LogP contribution in [0.4, 0.5) is 4.39 Å². The molecule has 19 heavy (non-hydrogen) atoms. The molecule has 0 spiro atoms. The molecule has 0 saturated heterocycles. The van der Waals surface area contributed by atoms with Gasteiger partial charge in [-0.2, -0.15) is 0 Å². The Morgan fingerprint density at radius 2 is 1.74 bits per heavy atom. The number of benzene rings is 2. The molecule has 2 rings (SSSR count). The fraction of sp³-hybridized carbons (Fsp3) is 0.133. The standard InChI is InChI=1S/C15H12ClFO2/c1-8-5-12(13(16)6-9(8)2)11-4-3-10(15(18)19)7-14(11)17/h3-7H,1-2H3,(H,18,19). The van der Waals surface area contributed by atoms with E-state index in [2.05, 4.69) is 0 Å². The molecule has 0 amide bonds. The van der Waals surface area contributed by atoms with Crippen LogP contribution in [0.15, 0.2) is 30.3 Å². The maximum absolute atomic E-state index is 14.0. The van der Waals surface area contributed by atoms with E-state index in [0.717, 1.165) is 17.2 Å². The normalized spacial score (nSPS) is 10.5. The van der Waals surface area contributed by atoms with Crippen molar-refractivity contribution in [1.29, 1.82) is 0 Å². The molecular formula is C15H12ClFO2. The molecule has 0 aliphatic heterocycles. The lowest BCUT2D eigenvalue weighted by Crippen LogP contribution is -1.98. The second-order valence-electron chi connectivity index (χ2n) is 4.42. The number of carboxylic acids is 1. The monoisotopic (exact) mass is 278 g/mol. The molecule has 0 fully saturated rings. The summed E-state index contributed by atoms with van der Waals surface area (Å²) in [7, 11) is 0. The predicted molar refractivity (Wildman–Crippen MR) is 73.3 cm³/mol. The summed E-state index contributed by atoms with van der Waals surface area (Å²) in [5.41, 5.74) is 2.82. The highest BCUT2D eigenvalue weighted by Crippen LogP contribution is 2.32. The van der Waals surface area contributed by atoms with Gasteiger partial charge >= 0.3 is 5.97 Å². The highest BCUT2D eigenvalue weighted by Gasteiger charge is 2.13. The smallest absolute Gasteiger partial charge is 0.335 e. The van der Waals surface area contributed by atoms with Gasteiger partial charge in [0.15, 0.2) is 0 Å². The fourth-order valence-electron chi connectivity index (χ4n) is 1.85. The molecule has 4 heteroatoms. The quantitative estimate of drug-likeness (QED) is 0.880. The van der Waals surface area contributed by atoms with Crippen molar-refractivity contribution < 1.29 is 14.3 Å². The number of carbonyl (C=O) groups is 1. The molecule has 2 nitrogen and oxygen atoms in total. The van der Waals surface area contributed by atoms with Crippen LogP contribution < -0.4 is 0 Å². The van der Waals surface area contributed by atoms with Crippen molar-refractivity contribution in [2.75, 3.05) is 0 Å². The number of rotatable bonds is 2. The van der Waals surface area contributed by atoms with Crippen LogP contribution in [0.5, 0.6) is 0 Å². The van der Waals surface area contributed by atoms with Crippen LogP contribution in [0.2, 0.25) is 5.02 Å². The van der Waals surface area contributed by atoms with Crippen LogP contribution >= 0.6 is 11.6 Å². The van der Waals surface area contributed by atoms with Crippen LogP contribution in [-0.2, 0) is 0 Å². The van der Waals surface area contributed by atoms with E-state index in [4.69, 9.17) is 16.7 Å². The first-order chi connectivity index (χ1) is 8.90. The van der Waals surface area contributed by atoms with Gasteiger partial charge in [0.25, 0.3) is 0 Å². The maximum Gasteiger partial charge on any atom is 0.335 e. The second-order valence-corrected chi connectivity index (χ2v) is 4.82. The number of aryl methyl sites for hydroxylation is 2. The Hall–Kier alpha value is -1.87. The van der Waals surface area contributed by atoms with Crippen LogP contribution in [-0.4, -0.2) is 11.1 Å². The lowest BCUT2D eigenvalue weighted by molar-refractivity contribution is 0.0696. The van der Waals surface area contributed by atoms with E-state index in [9.17, 15) is 9.18 Å². The largest absolute Gasteiger partial charge is 0.478 e. The van der Waals surface area contributed by atoms with E-state index in [1.807, 2.05) is 13.8 Å². The average Bonchev–Trinajstić information content (AvgIpc) is 2.34. The Morgan fingerprint density at radius 3 is 2.32 bits per heavy atom. The zero-order chi connectivity index (χ0) is 14.2. The van der Waals surface area contributed by atoms with E-state index < -0.39 is 11.8 Å². The third-order valence-corrected chi connectivity index (χ3v) is 3.40. The minimum Gasteiger partial charge on any atom is -0.478 e. The SMILES string of the molecule is Cc1cc(Cl)c(-c2ccc(C(=O)O)cc2F)cc1C. The zero-order valence-corrected chi connectivity index (χ0v) is 11.3. The topological polar surface area (TPSA) is 37.3 Å². The number of hydrogen-bond donors (Lipinski definition) is 1. The van der Waals surface area contributed by atoms with Crippen molar-refractivity contribution in [3.63, 3.8) is 0 Å². The van der Waals surface area contributed by atoms with Gasteiger partial charge in [-0.25, -0.2) is 9.18 Å². The second kappa shape index (κ2) is 5.02. The zero-order valence-electron chi connectivity index (χ0n) is 10.5. The molecule has 0 saturated carbocycles. The van der Waals surface area contributed by atoms with Gasteiger partial charge in [0.1, 0.15) is 5.82 Å². The number of aromatic carboxylic acids is 1. The first-order valence-corrected chi connectivity index (χ1v) is 6.08. The van der Waals surface area contributed by atoms with Crippen molar-refractivity contribution in [3.8, 4) is 11.1 Å². The fourth-order valence-corrected chi connectivity index (χ4v) is 2.17. The molecule has 0 bridgehead atoms. The van der Waals surface area contributed by atoms with Crippen molar-refractivity contribution in [3.05, 3.63) is 57.9 Å². The van der Waals surface area contributed by atoms with E-state index >= 15 is 0 Å². The van der Waals surface area contributed by atoms with Crippen molar-refractivity contribution in [2.24, 2.45) is 0 Å². The molecule has 0 heterocycles. The predicted octanol–water partition coefficient (Wildman–Crippen LogP) is 4.46. The summed E-state index contributed by atoms with van der Waals surface area (Å²) >= 11 is 6.13. The van der Waals surface area contributed by atoms with Crippen LogP contribution in [0.3, 0.4) is 0 Å². The molecule has 2 aromatic rings. The Balaban J connectivity index is 2.59. The Kier molecular flexibility index (Phi) is 3.58. The van der Waals surface area contributed by atoms with Gasteiger partial charge in [-0.1, -0.05) is 17.7 Å². The third-order valence-electron chi connectivity index (χ3n) is 3.09. The molecule has 0 aromatic heterocycles. The van der Waals surface area contributed by atoms with Gasteiger partial charge in [-0.05, 0) is 49.2 Å². The molecule has 0 unspecified atom stereocenters.